The molecule has 156 valence electrons. The van der Waals surface area contributed by atoms with Crippen LogP contribution in [-0.2, 0) is 26.1 Å². The van der Waals surface area contributed by atoms with Crippen LogP contribution < -0.4 is 9.46 Å². The monoisotopic (exact) mass is 420 g/mol. The molecule has 2 aromatic carbocycles. The fraction of sp³-hybridized carbons (Fsp3) is 0.300. The molecule has 2 rings (SSSR count). The number of rotatable bonds is 8. The van der Waals surface area contributed by atoms with Gasteiger partial charge in [-0.05, 0) is 37.7 Å². The van der Waals surface area contributed by atoms with Crippen LogP contribution in [0.15, 0.2) is 53.4 Å². The SMILES string of the molecule is CNS(=O)(=O)c1cc(C(=O)OC(C)C(=O)N(C)Cc2ccccc2)ccc1OC. The maximum Gasteiger partial charge on any atom is 0.338 e. The second-order valence-corrected chi connectivity index (χ2v) is 8.16. The van der Waals surface area contributed by atoms with Gasteiger partial charge < -0.3 is 14.4 Å². The zero-order valence-corrected chi connectivity index (χ0v) is 17.5. The molecule has 0 spiro atoms. The summed E-state index contributed by atoms with van der Waals surface area (Å²) < 4.78 is 36.8. The smallest absolute Gasteiger partial charge is 0.338 e. The van der Waals surface area contributed by atoms with Crippen molar-refractivity contribution in [2.75, 3.05) is 21.2 Å². The number of sulfonamides is 1. The lowest BCUT2D eigenvalue weighted by atomic mass is 10.2. The fourth-order valence-corrected chi connectivity index (χ4v) is 3.57. The van der Waals surface area contributed by atoms with Crippen molar-refractivity contribution in [2.24, 2.45) is 0 Å². The maximum absolute atomic E-state index is 12.5. The van der Waals surface area contributed by atoms with E-state index >= 15 is 0 Å². The maximum atomic E-state index is 12.5. The third-order valence-electron chi connectivity index (χ3n) is 4.23. The molecule has 0 radical (unpaired) electrons. The van der Waals surface area contributed by atoms with Crippen molar-refractivity contribution in [1.82, 2.24) is 9.62 Å². The van der Waals surface area contributed by atoms with Gasteiger partial charge in [0.1, 0.15) is 10.6 Å². The van der Waals surface area contributed by atoms with Crippen molar-refractivity contribution in [1.29, 1.82) is 0 Å². The predicted octanol–water partition coefficient (Wildman–Crippen LogP) is 1.81. The van der Waals surface area contributed by atoms with Crippen molar-refractivity contribution < 1.29 is 27.5 Å². The lowest BCUT2D eigenvalue weighted by Gasteiger charge is -2.21. The summed E-state index contributed by atoms with van der Waals surface area (Å²) in [5, 5.41) is 0. The van der Waals surface area contributed by atoms with Crippen molar-refractivity contribution in [2.45, 2.75) is 24.5 Å². The van der Waals surface area contributed by atoms with E-state index in [1.54, 1.807) is 7.05 Å². The Labute approximate surface area is 170 Å². The van der Waals surface area contributed by atoms with Crippen LogP contribution in [0.1, 0.15) is 22.8 Å². The molecule has 1 amide bonds. The average Bonchev–Trinajstić information content (AvgIpc) is 2.73. The summed E-state index contributed by atoms with van der Waals surface area (Å²) in [5.74, 6) is -1.10. The Morgan fingerprint density at radius 2 is 1.79 bits per heavy atom. The van der Waals surface area contributed by atoms with Crippen LogP contribution in [0.2, 0.25) is 0 Å². The minimum atomic E-state index is -3.85. The normalized spacial score (nSPS) is 12.1. The fourth-order valence-electron chi connectivity index (χ4n) is 2.65. The van der Waals surface area contributed by atoms with Crippen LogP contribution in [-0.4, -0.2) is 52.5 Å². The summed E-state index contributed by atoms with van der Waals surface area (Å²) in [6, 6.07) is 13.3. The Kier molecular flexibility index (Phi) is 7.35. The zero-order chi connectivity index (χ0) is 21.6. The van der Waals surface area contributed by atoms with E-state index in [0.29, 0.717) is 6.54 Å². The third-order valence-corrected chi connectivity index (χ3v) is 5.66. The van der Waals surface area contributed by atoms with Crippen LogP contribution in [0.3, 0.4) is 0 Å². The molecule has 0 heterocycles. The van der Waals surface area contributed by atoms with Gasteiger partial charge in [0.15, 0.2) is 6.10 Å². The molecule has 29 heavy (non-hydrogen) atoms. The molecule has 0 saturated carbocycles. The van der Waals surface area contributed by atoms with Gasteiger partial charge in [0.05, 0.1) is 12.7 Å². The Balaban J connectivity index is 2.12. The van der Waals surface area contributed by atoms with Gasteiger partial charge >= 0.3 is 5.97 Å². The third kappa shape index (κ3) is 5.55. The molecular weight excluding hydrogens is 396 g/mol. The first kappa shape index (κ1) is 22.4. The molecule has 1 N–H and O–H groups in total. The molecule has 9 heteroatoms. The number of hydrogen-bond acceptors (Lipinski definition) is 6. The summed E-state index contributed by atoms with van der Waals surface area (Å²) in [4.78, 5) is 26.2. The second-order valence-electron chi connectivity index (χ2n) is 6.30. The minimum absolute atomic E-state index is 0.00927. The van der Waals surface area contributed by atoms with Gasteiger partial charge in [0.2, 0.25) is 10.0 Å². The summed E-state index contributed by atoms with van der Waals surface area (Å²) in [5.41, 5.74) is 0.934. The number of carbonyl (C=O) groups excluding carboxylic acids is 2. The van der Waals surface area contributed by atoms with Crippen LogP contribution in [0, 0.1) is 0 Å². The zero-order valence-electron chi connectivity index (χ0n) is 16.7. The molecule has 1 unspecified atom stereocenters. The van der Waals surface area contributed by atoms with Crippen LogP contribution in [0.4, 0.5) is 0 Å². The first-order valence-electron chi connectivity index (χ1n) is 8.81. The van der Waals surface area contributed by atoms with E-state index in [1.165, 1.54) is 38.1 Å². The highest BCUT2D eigenvalue weighted by Crippen LogP contribution is 2.25. The van der Waals surface area contributed by atoms with E-state index in [4.69, 9.17) is 9.47 Å². The van der Waals surface area contributed by atoms with Crippen molar-refractivity contribution in [3.63, 3.8) is 0 Å². The highest BCUT2D eigenvalue weighted by atomic mass is 32.2. The number of likely N-dealkylation sites (N-methyl/N-ethyl adjacent to an activating group) is 1. The number of carbonyl (C=O) groups is 2. The minimum Gasteiger partial charge on any atom is -0.495 e. The van der Waals surface area contributed by atoms with Gasteiger partial charge in [0, 0.05) is 13.6 Å². The van der Waals surface area contributed by atoms with E-state index in [0.717, 1.165) is 11.6 Å². The van der Waals surface area contributed by atoms with Crippen LogP contribution in [0.5, 0.6) is 5.75 Å². The Morgan fingerprint density at radius 1 is 1.14 bits per heavy atom. The van der Waals surface area contributed by atoms with Gasteiger partial charge in [-0.1, -0.05) is 30.3 Å². The average molecular weight is 420 g/mol. The summed E-state index contributed by atoms with van der Waals surface area (Å²) in [6.45, 7) is 1.84. The number of methoxy groups -OCH3 is 1. The molecule has 0 aliphatic rings. The number of nitrogens with one attached hydrogen (secondary N) is 1. The molecule has 0 bridgehead atoms. The largest absolute Gasteiger partial charge is 0.495 e. The summed E-state index contributed by atoms with van der Waals surface area (Å²) >= 11 is 0. The molecular formula is C20H24N2O6S. The molecule has 0 fully saturated rings. The number of esters is 1. The highest BCUT2D eigenvalue weighted by molar-refractivity contribution is 7.89. The second kappa shape index (κ2) is 9.53. The van der Waals surface area contributed by atoms with E-state index in [9.17, 15) is 18.0 Å². The molecule has 0 aromatic heterocycles. The van der Waals surface area contributed by atoms with Crippen LogP contribution >= 0.6 is 0 Å². The van der Waals surface area contributed by atoms with Gasteiger partial charge in [-0.3, -0.25) is 4.79 Å². The molecule has 0 aliphatic carbocycles. The number of hydrogen-bond donors (Lipinski definition) is 1. The molecule has 0 aliphatic heterocycles. The topological polar surface area (TPSA) is 102 Å². The van der Waals surface area contributed by atoms with Crippen molar-refractivity contribution >= 4 is 21.9 Å². The van der Waals surface area contributed by atoms with Crippen molar-refractivity contribution in [3.05, 3.63) is 59.7 Å². The predicted molar refractivity (Wildman–Crippen MR) is 107 cm³/mol. The number of amides is 1. The number of ether oxygens (including phenoxy) is 2. The van der Waals surface area contributed by atoms with E-state index in [1.807, 2.05) is 30.3 Å². The van der Waals surface area contributed by atoms with Crippen LogP contribution in [0.25, 0.3) is 0 Å². The van der Waals surface area contributed by atoms with E-state index in [2.05, 4.69) is 4.72 Å². The Hall–Kier alpha value is -2.91. The lowest BCUT2D eigenvalue weighted by molar-refractivity contribution is -0.139. The van der Waals surface area contributed by atoms with Crippen molar-refractivity contribution in [3.8, 4) is 5.75 Å². The summed E-state index contributed by atoms with van der Waals surface area (Å²) in [6.07, 6.45) is -1.04. The standard InChI is InChI=1S/C20H24N2O6S/c1-14(19(23)22(3)13-15-8-6-5-7-9-15)28-20(24)16-10-11-17(27-4)18(12-16)29(25,26)21-2/h5-12,14,21H,13H2,1-4H3. The van der Waals surface area contributed by atoms with Gasteiger partial charge in [0.25, 0.3) is 5.91 Å². The first-order chi connectivity index (χ1) is 13.7. The molecule has 1 atom stereocenters. The van der Waals surface area contributed by atoms with E-state index < -0.39 is 22.1 Å². The lowest BCUT2D eigenvalue weighted by Crippen LogP contribution is -2.37. The van der Waals surface area contributed by atoms with Gasteiger partial charge in [-0.2, -0.15) is 0 Å². The Morgan fingerprint density at radius 3 is 2.38 bits per heavy atom. The molecule has 2 aromatic rings. The molecule has 8 nitrogen and oxygen atoms in total. The molecule has 0 saturated heterocycles. The van der Waals surface area contributed by atoms with Gasteiger partial charge in [-0.25, -0.2) is 17.9 Å². The number of nitrogens with zero attached hydrogens (tertiary/aromatic N) is 1. The highest BCUT2D eigenvalue weighted by Gasteiger charge is 2.25. The van der Waals surface area contributed by atoms with E-state index in [-0.39, 0.29) is 22.1 Å². The quantitative estimate of drug-likeness (QED) is 0.654. The first-order valence-corrected chi connectivity index (χ1v) is 10.3. The Bertz CT molecular complexity index is 976. The summed E-state index contributed by atoms with van der Waals surface area (Å²) in [7, 11) is 0.346. The van der Waals surface area contributed by atoms with Gasteiger partial charge in [-0.15, -0.1) is 0 Å². The number of benzene rings is 2.